The molecule has 0 aliphatic carbocycles. The van der Waals surface area contributed by atoms with E-state index in [0.717, 1.165) is 45.5 Å². The fourth-order valence-corrected chi connectivity index (χ4v) is 4.12. The first kappa shape index (κ1) is 20.1. The number of aromatic nitrogens is 2. The molecule has 3 heterocycles. The van der Waals surface area contributed by atoms with E-state index >= 15 is 0 Å². The minimum atomic E-state index is -0.311. The van der Waals surface area contributed by atoms with E-state index < -0.39 is 0 Å². The standard InChI is InChI=1S/C28H20BN3O2/c1-2-10-22(11-3-1)29-32(28-27(34-29)16-8-18-31-28)23-12-7-14-25(20-23)33-24-13-6-9-21(19-24)26-15-4-5-17-30-26/h1-20H. The summed E-state index contributed by atoms with van der Waals surface area (Å²) in [4.78, 5) is 11.1. The van der Waals surface area contributed by atoms with Crippen molar-refractivity contribution in [2.24, 2.45) is 0 Å². The lowest BCUT2D eigenvalue weighted by atomic mass is 9.71. The molecule has 0 N–H and O–H groups in total. The first-order chi connectivity index (χ1) is 16.8. The number of anilines is 2. The van der Waals surface area contributed by atoms with Crippen LogP contribution < -0.4 is 19.7 Å². The van der Waals surface area contributed by atoms with Crippen LogP contribution in [0.4, 0.5) is 11.5 Å². The monoisotopic (exact) mass is 441 g/mol. The molecule has 5 nitrogen and oxygen atoms in total. The molecule has 2 aromatic heterocycles. The Morgan fingerprint density at radius 2 is 1.47 bits per heavy atom. The zero-order valence-corrected chi connectivity index (χ0v) is 18.3. The van der Waals surface area contributed by atoms with Crippen LogP contribution in [0.2, 0.25) is 0 Å². The lowest BCUT2D eigenvalue weighted by molar-refractivity contribution is 0.483. The Bertz CT molecular complexity index is 1430. The van der Waals surface area contributed by atoms with Gasteiger partial charge in [0.05, 0.1) is 5.69 Å². The summed E-state index contributed by atoms with van der Waals surface area (Å²) in [6.45, 7) is 0. The van der Waals surface area contributed by atoms with Gasteiger partial charge in [0.1, 0.15) is 17.2 Å². The summed E-state index contributed by atoms with van der Waals surface area (Å²) in [5, 5.41) is 0. The van der Waals surface area contributed by atoms with Crippen molar-refractivity contribution in [1.29, 1.82) is 0 Å². The summed E-state index contributed by atoms with van der Waals surface area (Å²) >= 11 is 0. The number of pyridine rings is 2. The van der Waals surface area contributed by atoms with Crippen molar-refractivity contribution >= 4 is 24.0 Å². The summed E-state index contributed by atoms with van der Waals surface area (Å²) in [5.74, 6) is 3.01. The summed E-state index contributed by atoms with van der Waals surface area (Å²) in [6, 6.07) is 35.8. The van der Waals surface area contributed by atoms with Gasteiger partial charge in [-0.3, -0.25) is 4.98 Å². The Hall–Kier alpha value is -4.58. The zero-order chi connectivity index (χ0) is 22.7. The van der Waals surface area contributed by atoms with Gasteiger partial charge in [-0.1, -0.05) is 54.6 Å². The highest BCUT2D eigenvalue weighted by atomic mass is 16.5. The first-order valence-corrected chi connectivity index (χ1v) is 11.1. The SMILES string of the molecule is c1ccc(B2Oc3cccnc3N2c2cccc(Oc3cccc(-c4ccccn4)c3)c2)cc1. The van der Waals surface area contributed by atoms with Crippen LogP contribution in [-0.2, 0) is 0 Å². The van der Waals surface area contributed by atoms with E-state index in [1.54, 1.807) is 12.4 Å². The molecule has 0 amide bonds. The Kier molecular flexibility index (Phi) is 5.16. The molecule has 6 heteroatoms. The second-order valence-electron chi connectivity index (χ2n) is 7.92. The van der Waals surface area contributed by atoms with Gasteiger partial charge in [-0.05, 0) is 54.0 Å². The maximum Gasteiger partial charge on any atom is 0.525 e. The Morgan fingerprint density at radius 3 is 2.32 bits per heavy atom. The normalized spacial score (nSPS) is 12.2. The Labute approximate surface area is 198 Å². The first-order valence-electron chi connectivity index (χ1n) is 11.1. The topological polar surface area (TPSA) is 47.5 Å². The van der Waals surface area contributed by atoms with Gasteiger partial charge >= 0.3 is 7.05 Å². The number of ether oxygens (including phenoxy) is 1. The van der Waals surface area contributed by atoms with Crippen LogP contribution in [0.3, 0.4) is 0 Å². The number of rotatable bonds is 5. The maximum absolute atomic E-state index is 6.30. The molecule has 0 saturated heterocycles. The molecule has 6 rings (SSSR count). The van der Waals surface area contributed by atoms with E-state index in [2.05, 4.69) is 26.9 Å². The highest BCUT2D eigenvalue weighted by Gasteiger charge is 2.40. The molecule has 0 fully saturated rings. The average Bonchev–Trinajstić information content (AvgIpc) is 3.30. The third kappa shape index (κ3) is 3.86. The van der Waals surface area contributed by atoms with Crippen molar-refractivity contribution in [2.45, 2.75) is 0 Å². The number of benzene rings is 3. The van der Waals surface area contributed by atoms with E-state index in [0.29, 0.717) is 0 Å². The van der Waals surface area contributed by atoms with Crippen LogP contribution in [0.25, 0.3) is 11.3 Å². The third-order valence-electron chi connectivity index (χ3n) is 5.66. The van der Waals surface area contributed by atoms with E-state index in [1.807, 2.05) is 97.1 Å². The molecule has 0 atom stereocenters. The smallest absolute Gasteiger partial charge is 0.525 e. The second kappa shape index (κ2) is 8.75. The van der Waals surface area contributed by atoms with Crippen LogP contribution in [-0.4, -0.2) is 17.0 Å². The molecule has 0 radical (unpaired) electrons. The van der Waals surface area contributed by atoms with Gasteiger partial charge in [0.2, 0.25) is 0 Å². The number of hydrogen-bond acceptors (Lipinski definition) is 5. The molecule has 0 unspecified atom stereocenters. The zero-order valence-electron chi connectivity index (χ0n) is 18.3. The van der Waals surface area contributed by atoms with E-state index in [9.17, 15) is 0 Å². The minimum absolute atomic E-state index is 0.311. The predicted octanol–water partition coefficient (Wildman–Crippen LogP) is 5.86. The van der Waals surface area contributed by atoms with Crippen molar-refractivity contribution < 1.29 is 9.39 Å². The van der Waals surface area contributed by atoms with Crippen LogP contribution in [0.15, 0.2) is 122 Å². The van der Waals surface area contributed by atoms with Gasteiger partial charge in [0, 0.05) is 29.7 Å². The van der Waals surface area contributed by atoms with E-state index in [1.165, 1.54) is 0 Å². The number of nitrogens with zero attached hydrogens (tertiary/aromatic N) is 3. The molecular formula is C28H20BN3O2. The minimum Gasteiger partial charge on any atom is -0.535 e. The quantitative estimate of drug-likeness (QED) is 0.320. The Balaban J connectivity index is 1.34. The maximum atomic E-state index is 6.30. The van der Waals surface area contributed by atoms with Gasteiger partial charge in [-0.2, -0.15) is 0 Å². The molecule has 1 aliphatic heterocycles. The third-order valence-corrected chi connectivity index (χ3v) is 5.66. The van der Waals surface area contributed by atoms with Crippen molar-refractivity contribution in [2.75, 3.05) is 4.81 Å². The highest BCUT2D eigenvalue weighted by Crippen LogP contribution is 2.40. The lowest BCUT2D eigenvalue weighted by Crippen LogP contribution is -2.47. The van der Waals surface area contributed by atoms with Crippen LogP contribution >= 0.6 is 0 Å². The molecule has 0 saturated carbocycles. The molecule has 1 aliphatic rings. The van der Waals surface area contributed by atoms with Crippen LogP contribution in [0, 0.1) is 0 Å². The van der Waals surface area contributed by atoms with Crippen molar-refractivity contribution in [1.82, 2.24) is 9.97 Å². The molecule has 0 bridgehead atoms. The molecule has 34 heavy (non-hydrogen) atoms. The van der Waals surface area contributed by atoms with Gasteiger partial charge in [0.25, 0.3) is 0 Å². The largest absolute Gasteiger partial charge is 0.535 e. The van der Waals surface area contributed by atoms with Gasteiger partial charge in [-0.15, -0.1) is 0 Å². The highest BCUT2D eigenvalue weighted by molar-refractivity contribution is 6.74. The van der Waals surface area contributed by atoms with E-state index in [4.69, 9.17) is 9.39 Å². The fourth-order valence-electron chi connectivity index (χ4n) is 4.12. The molecule has 0 spiro atoms. The summed E-state index contributed by atoms with van der Waals surface area (Å²) in [5.41, 5.74) is 3.90. The number of fused-ring (bicyclic) bond motifs is 1. The van der Waals surface area contributed by atoms with Crippen LogP contribution in [0.5, 0.6) is 17.2 Å². The molecule has 3 aromatic carbocycles. The van der Waals surface area contributed by atoms with Crippen molar-refractivity contribution in [3.8, 4) is 28.5 Å². The van der Waals surface area contributed by atoms with Gasteiger partial charge in [0.15, 0.2) is 5.82 Å². The summed E-state index contributed by atoms with van der Waals surface area (Å²) in [7, 11) is -0.311. The fraction of sp³-hybridized carbons (Fsp3) is 0. The molecular weight excluding hydrogens is 421 g/mol. The van der Waals surface area contributed by atoms with Gasteiger partial charge in [-0.25, -0.2) is 4.98 Å². The Morgan fingerprint density at radius 1 is 0.676 bits per heavy atom. The number of hydrogen-bond donors (Lipinski definition) is 0. The summed E-state index contributed by atoms with van der Waals surface area (Å²) in [6.07, 6.45) is 3.57. The van der Waals surface area contributed by atoms with E-state index in [-0.39, 0.29) is 7.05 Å². The second-order valence-corrected chi connectivity index (χ2v) is 7.92. The van der Waals surface area contributed by atoms with Crippen LogP contribution in [0.1, 0.15) is 0 Å². The molecule has 162 valence electrons. The summed E-state index contributed by atoms with van der Waals surface area (Å²) < 4.78 is 12.6. The lowest BCUT2D eigenvalue weighted by Gasteiger charge is -2.22. The van der Waals surface area contributed by atoms with Crippen molar-refractivity contribution in [3.05, 3.63) is 122 Å². The molecule has 5 aromatic rings. The predicted molar refractivity (Wildman–Crippen MR) is 135 cm³/mol. The van der Waals surface area contributed by atoms with Crippen molar-refractivity contribution in [3.63, 3.8) is 0 Å². The average molecular weight is 441 g/mol. The van der Waals surface area contributed by atoms with Gasteiger partial charge < -0.3 is 14.2 Å².